The molecule has 0 bridgehead atoms. The van der Waals surface area contributed by atoms with Crippen LogP contribution in [0.2, 0.25) is 5.02 Å². The molecular weight excluding hydrogens is 376 g/mol. The molecule has 1 fully saturated rings. The monoisotopic (exact) mass is 400 g/mol. The summed E-state index contributed by atoms with van der Waals surface area (Å²) in [6.07, 6.45) is 0.480. The highest BCUT2D eigenvalue weighted by atomic mass is 35.5. The van der Waals surface area contributed by atoms with Crippen molar-refractivity contribution >= 4 is 17.6 Å². The Hall–Kier alpha value is -2.30. The van der Waals surface area contributed by atoms with Gasteiger partial charge in [-0.05, 0) is 56.2 Å². The summed E-state index contributed by atoms with van der Waals surface area (Å²) in [5, 5.41) is 10.1. The number of hydrogen-bond acceptors (Lipinski definition) is 3. The zero-order valence-corrected chi connectivity index (χ0v) is 17.1. The minimum absolute atomic E-state index is 0.0369. The predicted octanol–water partition coefficient (Wildman–Crippen LogP) is 5.87. The molecular formula is C23H25ClO4. The Morgan fingerprint density at radius 2 is 1.93 bits per heavy atom. The Kier molecular flexibility index (Phi) is 6.11. The molecule has 0 amide bonds. The van der Waals surface area contributed by atoms with Crippen molar-refractivity contribution in [1.82, 2.24) is 0 Å². The maximum Gasteiger partial charge on any atom is 0.335 e. The molecule has 148 valence electrons. The van der Waals surface area contributed by atoms with E-state index in [1.165, 1.54) is 5.56 Å². The molecule has 5 heteroatoms. The smallest absolute Gasteiger partial charge is 0.335 e. The summed E-state index contributed by atoms with van der Waals surface area (Å²) >= 11 is 6.04. The summed E-state index contributed by atoms with van der Waals surface area (Å²) in [6.45, 7) is 8.22. The van der Waals surface area contributed by atoms with Gasteiger partial charge in [0, 0.05) is 22.4 Å². The number of carboxylic acids is 1. The van der Waals surface area contributed by atoms with E-state index < -0.39 is 5.97 Å². The van der Waals surface area contributed by atoms with Crippen molar-refractivity contribution in [3.63, 3.8) is 0 Å². The molecule has 2 aromatic carbocycles. The summed E-state index contributed by atoms with van der Waals surface area (Å²) in [4.78, 5) is 11.5. The van der Waals surface area contributed by atoms with E-state index in [1.807, 2.05) is 31.2 Å². The van der Waals surface area contributed by atoms with Crippen LogP contribution in [0.4, 0.5) is 0 Å². The molecule has 1 saturated heterocycles. The zero-order valence-electron chi connectivity index (χ0n) is 16.3. The SMILES string of the molecule is C=C(C)[C@H]1C[C@H](c2ccc(Cl)cc2)[C@H](C)O[C@@H]1c1cc(C(=O)O)ccc1OC. The Morgan fingerprint density at radius 1 is 1.25 bits per heavy atom. The fraction of sp³-hybridized carbons (Fsp3) is 0.348. The van der Waals surface area contributed by atoms with Crippen LogP contribution in [0.3, 0.4) is 0 Å². The van der Waals surface area contributed by atoms with Crippen molar-refractivity contribution in [2.75, 3.05) is 7.11 Å². The van der Waals surface area contributed by atoms with Crippen LogP contribution in [-0.2, 0) is 4.74 Å². The molecule has 1 N–H and O–H groups in total. The van der Waals surface area contributed by atoms with Gasteiger partial charge in [0.05, 0.1) is 24.9 Å². The van der Waals surface area contributed by atoms with Gasteiger partial charge in [0.25, 0.3) is 0 Å². The Morgan fingerprint density at radius 3 is 2.50 bits per heavy atom. The summed E-state index contributed by atoms with van der Waals surface area (Å²) in [5.74, 6) is -0.115. The molecule has 0 aromatic heterocycles. The fourth-order valence-corrected chi connectivity index (χ4v) is 4.09. The largest absolute Gasteiger partial charge is 0.496 e. The summed E-state index contributed by atoms with van der Waals surface area (Å²) < 4.78 is 12.0. The Bertz CT molecular complexity index is 875. The topological polar surface area (TPSA) is 55.8 Å². The van der Waals surface area contributed by atoms with Crippen LogP contribution in [-0.4, -0.2) is 24.3 Å². The molecule has 3 rings (SSSR count). The highest BCUT2D eigenvalue weighted by Crippen LogP contribution is 2.48. The predicted molar refractivity (Wildman–Crippen MR) is 110 cm³/mol. The molecule has 4 nitrogen and oxygen atoms in total. The van der Waals surface area contributed by atoms with Crippen molar-refractivity contribution in [1.29, 1.82) is 0 Å². The lowest BCUT2D eigenvalue weighted by Crippen LogP contribution is -2.34. The molecule has 1 aliphatic rings. The molecule has 2 aromatic rings. The van der Waals surface area contributed by atoms with Gasteiger partial charge in [0.15, 0.2) is 0 Å². The number of ether oxygens (including phenoxy) is 2. The Labute approximate surface area is 170 Å². The minimum Gasteiger partial charge on any atom is -0.496 e. The van der Waals surface area contributed by atoms with Gasteiger partial charge in [-0.15, -0.1) is 0 Å². The summed E-state index contributed by atoms with van der Waals surface area (Å²) in [5.41, 5.74) is 3.13. The van der Waals surface area contributed by atoms with Gasteiger partial charge < -0.3 is 14.6 Å². The first-order valence-electron chi connectivity index (χ1n) is 9.29. The van der Waals surface area contributed by atoms with Gasteiger partial charge in [-0.1, -0.05) is 35.9 Å². The van der Waals surface area contributed by atoms with Gasteiger partial charge in [-0.2, -0.15) is 0 Å². The third kappa shape index (κ3) is 4.08. The van der Waals surface area contributed by atoms with E-state index in [1.54, 1.807) is 25.3 Å². The number of methoxy groups -OCH3 is 1. The van der Waals surface area contributed by atoms with E-state index in [9.17, 15) is 9.90 Å². The minimum atomic E-state index is -0.973. The molecule has 0 radical (unpaired) electrons. The molecule has 0 saturated carbocycles. The number of rotatable bonds is 5. The van der Waals surface area contributed by atoms with E-state index in [4.69, 9.17) is 21.1 Å². The van der Waals surface area contributed by atoms with Crippen LogP contribution in [0.1, 0.15) is 53.8 Å². The normalized spacial score (nSPS) is 24.6. The van der Waals surface area contributed by atoms with Gasteiger partial charge in [-0.25, -0.2) is 4.79 Å². The third-order valence-electron chi connectivity index (χ3n) is 5.52. The second-order valence-electron chi connectivity index (χ2n) is 7.37. The second-order valence-corrected chi connectivity index (χ2v) is 7.81. The average molecular weight is 401 g/mol. The van der Waals surface area contributed by atoms with Crippen molar-refractivity contribution in [2.45, 2.75) is 38.4 Å². The maximum absolute atomic E-state index is 11.5. The number of halogens is 1. The second kappa shape index (κ2) is 8.38. The van der Waals surface area contributed by atoms with E-state index in [2.05, 4.69) is 13.5 Å². The number of benzene rings is 2. The van der Waals surface area contributed by atoms with Crippen LogP contribution >= 0.6 is 11.6 Å². The lowest BCUT2D eigenvalue weighted by Gasteiger charge is -2.42. The first-order valence-corrected chi connectivity index (χ1v) is 9.67. The van der Waals surface area contributed by atoms with Crippen molar-refractivity contribution in [3.8, 4) is 5.75 Å². The van der Waals surface area contributed by atoms with Crippen molar-refractivity contribution in [3.05, 3.63) is 76.3 Å². The quantitative estimate of drug-likeness (QED) is 0.637. The number of aromatic carboxylic acids is 1. The van der Waals surface area contributed by atoms with Crippen LogP contribution in [0.5, 0.6) is 5.75 Å². The lowest BCUT2D eigenvalue weighted by atomic mass is 9.75. The first-order chi connectivity index (χ1) is 13.3. The van der Waals surface area contributed by atoms with Crippen LogP contribution in [0, 0.1) is 5.92 Å². The summed E-state index contributed by atoms with van der Waals surface area (Å²) in [6, 6.07) is 12.7. The van der Waals surface area contributed by atoms with Gasteiger partial charge in [0.2, 0.25) is 0 Å². The fourth-order valence-electron chi connectivity index (χ4n) is 3.97. The first kappa shape index (κ1) is 20.4. The van der Waals surface area contributed by atoms with E-state index in [0.717, 1.165) is 17.6 Å². The van der Waals surface area contributed by atoms with Crippen LogP contribution < -0.4 is 4.74 Å². The molecule has 0 aliphatic carbocycles. The van der Waals surface area contributed by atoms with Crippen LogP contribution in [0.25, 0.3) is 0 Å². The number of carbonyl (C=O) groups is 1. The number of hydrogen-bond donors (Lipinski definition) is 1. The molecule has 28 heavy (non-hydrogen) atoms. The van der Waals surface area contributed by atoms with E-state index in [0.29, 0.717) is 10.8 Å². The molecule has 1 heterocycles. The van der Waals surface area contributed by atoms with Crippen molar-refractivity contribution in [2.24, 2.45) is 5.92 Å². The zero-order chi connectivity index (χ0) is 20.4. The molecule has 1 aliphatic heterocycles. The van der Waals surface area contributed by atoms with Gasteiger partial charge in [0.1, 0.15) is 5.75 Å². The van der Waals surface area contributed by atoms with Gasteiger partial charge in [-0.3, -0.25) is 0 Å². The lowest BCUT2D eigenvalue weighted by molar-refractivity contribution is -0.0810. The molecule has 0 unspecified atom stereocenters. The summed E-state index contributed by atoms with van der Waals surface area (Å²) in [7, 11) is 1.58. The van der Waals surface area contributed by atoms with Crippen molar-refractivity contribution < 1.29 is 19.4 Å². The molecule has 4 atom stereocenters. The molecule has 0 spiro atoms. The average Bonchev–Trinajstić information content (AvgIpc) is 2.67. The highest BCUT2D eigenvalue weighted by Gasteiger charge is 2.39. The maximum atomic E-state index is 11.5. The van der Waals surface area contributed by atoms with Gasteiger partial charge >= 0.3 is 5.97 Å². The Balaban J connectivity index is 1.99. The highest BCUT2D eigenvalue weighted by molar-refractivity contribution is 6.30. The van der Waals surface area contributed by atoms with E-state index in [-0.39, 0.29) is 29.6 Å². The third-order valence-corrected chi connectivity index (χ3v) is 5.77. The van der Waals surface area contributed by atoms with E-state index >= 15 is 0 Å². The number of carboxylic acid groups (broad SMARTS) is 1. The standard InChI is InChI=1S/C23H25ClO4/c1-13(2)18-12-19(15-5-8-17(24)9-6-15)14(3)28-22(18)20-11-16(23(25)26)7-10-21(20)27-4/h5-11,14,18-19,22H,1,12H2,2-4H3,(H,25,26)/t14-,18+,19-,22-/m0/s1. The van der Waals surface area contributed by atoms with Crippen LogP contribution in [0.15, 0.2) is 54.6 Å².